The third kappa shape index (κ3) is 8.10. The maximum Gasteiger partial charge on any atom is 0.408 e. The van der Waals surface area contributed by atoms with E-state index in [1.165, 1.54) is 6.08 Å². The highest BCUT2D eigenvalue weighted by Crippen LogP contribution is 2.35. The van der Waals surface area contributed by atoms with Crippen LogP contribution in [0.4, 0.5) is 13.6 Å². The highest BCUT2D eigenvalue weighted by Gasteiger charge is 2.48. The summed E-state index contributed by atoms with van der Waals surface area (Å²) in [6, 6.07) is 0.850. The molecule has 0 aromatic heterocycles. The zero-order valence-electron chi connectivity index (χ0n) is 38.6. The van der Waals surface area contributed by atoms with E-state index in [0.29, 0.717) is 12.5 Å². The Balaban J connectivity index is 1.84. The number of nitrogens with zero attached hydrogens (tertiary/aromatic N) is 2. The largest absolute Gasteiger partial charge is 0.489 e. The van der Waals surface area contributed by atoms with Gasteiger partial charge in [-0.05, 0) is 59.7 Å². The fraction of sp³-hybridized carbons (Fsp3) is 0.382. The van der Waals surface area contributed by atoms with Crippen LogP contribution in [0.1, 0.15) is 42.8 Å². The van der Waals surface area contributed by atoms with Crippen LogP contribution in [0.3, 0.4) is 0 Å². The molecular weight excluding hydrogens is 634 g/mol. The number of rotatable bonds is 15. The predicted octanol–water partition coefficient (Wildman–Crippen LogP) is 5.03. The molecule has 0 bridgehead atoms. The Morgan fingerprint density at radius 3 is 2.64 bits per heavy atom. The number of sulfonamides is 1. The van der Waals surface area contributed by atoms with Crippen LogP contribution in [0.2, 0.25) is 0 Å². The van der Waals surface area contributed by atoms with Crippen LogP contribution in [0.15, 0.2) is 90.0 Å². The number of fused-ring (bicyclic) bond motifs is 1. The molecule has 2 N–H and O–H groups in total. The minimum atomic E-state index is -6.66. The first kappa shape index (κ1) is 20.4. The lowest BCUT2D eigenvalue weighted by molar-refractivity contribution is -0.0690. The van der Waals surface area contributed by atoms with Crippen LogP contribution in [0.5, 0.6) is 5.75 Å². The van der Waals surface area contributed by atoms with Crippen LogP contribution in [0.25, 0.3) is 0 Å². The van der Waals surface area contributed by atoms with E-state index in [9.17, 15) is 30.9 Å². The number of amides is 1. The van der Waals surface area contributed by atoms with Crippen molar-refractivity contribution < 1.29 is 64.2 Å². The first-order chi connectivity index (χ1) is 28.1. The molecule has 3 aromatic carbocycles. The molecule has 0 spiro atoms. The summed E-state index contributed by atoms with van der Waals surface area (Å²) < 4.78 is 198. The standard InChI is InChI=1S/C34H38F2N2O8S/c1-22(2)18-37(47(42,43)26-12-13-28(35)29(36)17-26)19-32(39)30(38(34(40)41)31-21-46-33-27(31)14-15-44-33)16-23-8-10-25(11-9-23)45-20-24-6-4-3-5-7-24/h3-15,17,22,27,30-33,39H,16,18-21H2,1-2H3,(H,40,41)/t27-,30-,31?,32+,33-/m0/s1/i1D,12D,13D,16D2,17D,18D2,19D2,22D,30D,32D,39D/t22?,27-,30-,31?,32+,33-. The summed E-state index contributed by atoms with van der Waals surface area (Å²) in [4.78, 5) is 11.2. The Bertz CT molecular complexity index is 2260. The van der Waals surface area contributed by atoms with Crippen molar-refractivity contribution in [3.8, 4) is 5.75 Å². The van der Waals surface area contributed by atoms with E-state index in [1.54, 1.807) is 30.3 Å². The summed E-state index contributed by atoms with van der Waals surface area (Å²) in [7, 11) is -6.66. The maximum absolute atomic E-state index is 15.0. The summed E-state index contributed by atoms with van der Waals surface area (Å²) in [5, 5.41) is 15.4. The second-order valence-electron chi connectivity index (χ2n) is 10.2. The number of aliphatic hydroxyl groups is 1. The number of hydrogen-bond acceptors (Lipinski definition) is 7. The van der Waals surface area contributed by atoms with Gasteiger partial charge >= 0.3 is 6.09 Å². The Labute approximate surface area is 292 Å². The number of carbonyl (C=O) groups is 1. The lowest BCUT2D eigenvalue weighted by Crippen LogP contribution is -2.57. The Hall–Kier alpha value is -4.04. The van der Waals surface area contributed by atoms with Crippen molar-refractivity contribution in [2.45, 2.75) is 56.1 Å². The summed E-state index contributed by atoms with van der Waals surface area (Å²) in [5.74, 6) is -8.99. The Morgan fingerprint density at radius 2 is 1.94 bits per heavy atom. The van der Waals surface area contributed by atoms with E-state index in [-0.39, 0.29) is 17.3 Å². The van der Waals surface area contributed by atoms with Gasteiger partial charge in [0, 0.05) is 24.0 Å². The Kier molecular flexibility index (Phi) is 6.41. The quantitative estimate of drug-likeness (QED) is 0.228. The lowest BCUT2D eigenvalue weighted by Gasteiger charge is -2.39. The van der Waals surface area contributed by atoms with Gasteiger partial charge in [-0.3, -0.25) is 4.90 Å². The van der Waals surface area contributed by atoms with Crippen LogP contribution in [0, 0.1) is 23.4 Å². The highest BCUT2D eigenvalue weighted by molar-refractivity contribution is 7.89. The smallest absolute Gasteiger partial charge is 0.408 e. The SMILES string of the molecule is [2H]CC([2H])(C)C([2H])([2H])N(C([2H])([2H])[C@@]([2H])(O[2H])[C@@]([2H])(N(C(=O)O)C1CO[C@@H]2OC=C[C@@H]12)C([2H])([2H])c1ccc(OCc2ccccc2)cc1)S(=O)(=O)c1c([2H])c([2H])c(F)c(F)c1[2H]. The van der Waals surface area contributed by atoms with E-state index < -0.39 is 130 Å². The zero-order chi connectivity index (χ0) is 45.9. The van der Waals surface area contributed by atoms with E-state index in [1.807, 2.05) is 0 Å². The van der Waals surface area contributed by atoms with Gasteiger partial charge in [0.2, 0.25) is 17.7 Å². The fourth-order valence-corrected chi connectivity index (χ4v) is 5.65. The summed E-state index contributed by atoms with van der Waals surface area (Å²) >= 11 is 0. The summed E-state index contributed by atoms with van der Waals surface area (Å²) in [6.45, 7) is -10.9. The molecule has 2 aliphatic heterocycles. The molecule has 0 saturated carbocycles. The topological polar surface area (TPSA) is 126 Å². The Morgan fingerprint density at radius 1 is 1.17 bits per heavy atom. The number of carboxylic acid groups (broad SMARTS) is 1. The van der Waals surface area contributed by atoms with Crippen molar-refractivity contribution in [3.63, 3.8) is 0 Å². The lowest BCUT2D eigenvalue weighted by atomic mass is 9.94. The van der Waals surface area contributed by atoms with Crippen LogP contribution in [-0.4, -0.2) is 79.4 Å². The van der Waals surface area contributed by atoms with Gasteiger partial charge in [0.05, 0.1) is 48.7 Å². The normalized spacial score (nSPS) is 28.0. The fourth-order valence-electron chi connectivity index (χ4n) is 4.59. The third-order valence-electron chi connectivity index (χ3n) is 6.76. The summed E-state index contributed by atoms with van der Waals surface area (Å²) in [6.07, 6.45) is -9.99. The molecule has 5 rings (SSSR count). The van der Waals surface area contributed by atoms with Crippen molar-refractivity contribution in [1.82, 2.24) is 9.21 Å². The second-order valence-corrected chi connectivity index (χ2v) is 11.9. The van der Waals surface area contributed by atoms with E-state index in [0.717, 1.165) is 30.5 Å². The van der Waals surface area contributed by atoms with Gasteiger partial charge in [-0.1, -0.05) is 56.3 Å². The summed E-state index contributed by atoms with van der Waals surface area (Å²) in [5.41, 5.74) is -0.0415. The number of ether oxygens (including phenoxy) is 3. The van der Waals surface area contributed by atoms with Crippen molar-refractivity contribution >= 4 is 16.1 Å². The van der Waals surface area contributed by atoms with Gasteiger partial charge in [0.15, 0.2) is 11.6 Å². The average Bonchev–Trinajstić information content (AvgIpc) is 3.83. The van der Waals surface area contributed by atoms with Crippen molar-refractivity contribution in [2.24, 2.45) is 11.8 Å². The van der Waals surface area contributed by atoms with Gasteiger partial charge in [0.1, 0.15) is 12.4 Å². The molecular formula is C34H38F2N2O8S. The first-order valence-electron chi connectivity index (χ1n) is 20.9. The molecule has 0 radical (unpaired) electrons. The predicted molar refractivity (Wildman–Crippen MR) is 168 cm³/mol. The van der Waals surface area contributed by atoms with Gasteiger partial charge in [0.25, 0.3) is 0 Å². The first-order valence-corrected chi connectivity index (χ1v) is 15.2. The van der Waals surface area contributed by atoms with E-state index >= 15 is 4.39 Å². The molecule has 252 valence electrons. The average molecular weight is 687 g/mol. The number of benzene rings is 3. The molecule has 3 aromatic rings. The molecule has 1 fully saturated rings. The highest BCUT2D eigenvalue weighted by atomic mass is 32.2. The second kappa shape index (κ2) is 14.8. The molecule has 47 heavy (non-hydrogen) atoms. The molecule has 2 heterocycles. The molecule has 1 amide bonds. The van der Waals surface area contributed by atoms with Crippen molar-refractivity contribution in [3.05, 3.63) is 108 Å². The van der Waals surface area contributed by atoms with Crippen molar-refractivity contribution in [2.75, 3.05) is 19.6 Å². The molecule has 6 atom stereocenters. The minimum absolute atomic E-state index is 0.00405. The van der Waals surface area contributed by atoms with E-state index in [4.69, 9.17) is 25.2 Å². The van der Waals surface area contributed by atoms with Gasteiger partial charge < -0.3 is 24.4 Å². The van der Waals surface area contributed by atoms with Gasteiger partial charge in [-0.25, -0.2) is 22.0 Å². The molecule has 10 nitrogen and oxygen atoms in total. The third-order valence-corrected chi connectivity index (χ3v) is 8.14. The maximum atomic E-state index is 15.0. The molecule has 2 unspecified atom stereocenters. The molecule has 1 saturated heterocycles. The van der Waals surface area contributed by atoms with Crippen LogP contribution >= 0.6 is 0 Å². The molecule has 2 aliphatic rings. The zero-order valence-corrected chi connectivity index (χ0v) is 25.4. The van der Waals surface area contributed by atoms with Crippen molar-refractivity contribution in [1.29, 1.82) is 1.43 Å². The number of halogens is 2. The van der Waals surface area contributed by atoms with Gasteiger partial charge in [-0.2, -0.15) is 4.31 Å². The molecule has 13 heteroatoms. The molecule has 0 aliphatic carbocycles. The van der Waals surface area contributed by atoms with Gasteiger partial charge in [-0.15, -0.1) is 0 Å². The number of hydrogen-bond donors (Lipinski definition) is 2. The minimum Gasteiger partial charge on any atom is -0.489 e. The van der Waals surface area contributed by atoms with Crippen LogP contribution < -0.4 is 4.74 Å². The monoisotopic (exact) mass is 686 g/mol. The van der Waals surface area contributed by atoms with Crippen LogP contribution in [-0.2, 0) is 32.5 Å². The van der Waals surface area contributed by atoms with E-state index in [2.05, 4.69) is 5.11 Å².